The van der Waals surface area contributed by atoms with E-state index in [0.29, 0.717) is 5.92 Å². The molecule has 1 N–H and O–H groups in total. The van der Waals surface area contributed by atoms with Gasteiger partial charge in [-0.25, -0.2) is 4.39 Å². The summed E-state index contributed by atoms with van der Waals surface area (Å²) in [7, 11) is 2.03. The third kappa shape index (κ3) is 4.65. The van der Waals surface area contributed by atoms with Crippen molar-refractivity contribution in [2.75, 3.05) is 25.0 Å². The fourth-order valence-corrected chi connectivity index (χ4v) is 1.93. The van der Waals surface area contributed by atoms with Crippen LogP contribution in [0, 0.1) is 11.7 Å². The van der Waals surface area contributed by atoms with E-state index in [1.807, 2.05) is 7.05 Å². The van der Waals surface area contributed by atoms with E-state index in [9.17, 15) is 4.39 Å². The summed E-state index contributed by atoms with van der Waals surface area (Å²) in [6.07, 6.45) is 1.14. The number of hydrogen-bond acceptors (Lipinski definition) is 2. The number of halogens is 1. The number of benzene rings is 1. The molecule has 0 spiro atoms. The molecule has 102 valence electrons. The molecule has 0 saturated heterocycles. The van der Waals surface area contributed by atoms with Gasteiger partial charge in [-0.05, 0) is 36.2 Å². The maximum Gasteiger partial charge on any atom is 0.125 e. The minimum atomic E-state index is -0.156. The summed E-state index contributed by atoms with van der Waals surface area (Å²) >= 11 is 0. The Morgan fingerprint density at radius 2 is 2.00 bits per heavy atom. The number of nitrogens with zero attached hydrogens (tertiary/aromatic N) is 1. The maximum atomic E-state index is 13.6. The highest BCUT2D eigenvalue weighted by Gasteiger charge is 2.08. The molecule has 0 aliphatic heterocycles. The topological polar surface area (TPSA) is 15.3 Å². The summed E-state index contributed by atoms with van der Waals surface area (Å²) in [6.45, 7) is 9.03. The predicted octanol–water partition coefficient (Wildman–Crippen LogP) is 3.42. The molecule has 0 radical (unpaired) electrons. The second-order valence-electron chi connectivity index (χ2n) is 4.99. The van der Waals surface area contributed by atoms with Crippen LogP contribution in [0.25, 0.3) is 0 Å². The molecule has 0 bridgehead atoms. The molecule has 2 nitrogen and oxygen atoms in total. The van der Waals surface area contributed by atoms with Crippen molar-refractivity contribution in [2.45, 2.75) is 33.7 Å². The Labute approximate surface area is 110 Å². The van der Waals surface area contributed by atoms with Crippen molar-refractivity contribution in [3.05, 3.63) is 29.6 Å². The average Bonchev–Trinajstić information content (AvgIpc) is 2.35. The van der Waals surface area contributed by atoms with Crippen LogP contribution in [0.3, 0.4) is 0 Å². The summed E-state index contributed by atoms with van der Waals surface area (Å²) in [4.78, 5) is 2.13. The monoisotopic (exact) mass is 252 g/mol. The van der Waals surface area contributed by atoms with Crippen LogP contribution in [0.2, 0.25) is 0 Å². The Kier molecular flexibility index (Phi) is 6.13. The van der Waals surface area contributed by atoms with Gasteiger partial charge in [0.05, 0.1) is 0 Å². The number of nitrogens with one attached hydrogen (secondary N) is 1. The third-order valence-corrected chi connectivity index (χ3v) is 3.24. The maximum absolute atomic E-state index is 13.6. The van der Waals surface area contributed by atoms with Gasteiger partial charge in [0.2, 0.25) is 0 Å². The van der Waals surface area contributed by atoms with Crippen LogP contribution in [0.15, 0.2) is 18.2 Å². The van der Waals surface area contributed by atoms with E-state index in [1.165, 1.54) is 0 Å². The van der Waals surface area contributed by atoms with Crippen molar-refractivity contribution in [3.8, 4) is 0 Å². The molecule has 0 amide bonds. The molecule has 0 aliphatic rings. The van der Waals surface area contributed by atoms with E-state index in [1.54, 1.807) is 12.1 Å². The van der Waals surface area contributed by atoms with Gasteiger partial charge in [-0.3, -0.25) is 0 Å². The van der Waals surface area contributed by atoms with Gasteiger partial charge in [0.1, 0.15) is 5.82 Å². The van der Waals surface area contributed by atoms with Crippen molar-refractivity contribution in [2.24, 2.45) is 5.92 Å². The molecule has 1 rings (SSSR count). The van der Waals surface area contributed by atoms with Crippen LogP contribution in [-0.4, -0.2) is 20.1 Å². The first kappa shape index (κ1) is 15.0. The van der Waals surface area contributed by atoms with E-state index in [-0.39, 0.29) is 5.82 Å². The van der Waals surface area contributed by atoms with E-state index in [4.69, 9.17) is 0 Å². The third-order valence-electron chi connectivity index (χ3n) is 3.24. The molecule has 1 unspecified atom stereocenters. The van der Waals surface area contributed by atoms with Crippen LogP contribution in [-0.2, 0) is 6.54 Å². The normalized spacial score (nSPS) is 12.5. The fourth-order valence-electron chi connectivity index (χ4n) is 1.93. The summed E-state index contributed by atoms with van der Waals surface area (Å²) in [5.74, 6) is 0.465. The van der Waals surface area contributed by atoms with Crippen molar-refractivity contribution < 1.29 is 4.39 Å². The zero-order chi connectivity index (χ0) is 13.5. The Balaban J connectivity index is 2.77. The first-order valence-corrected chi connectivity index (χ1v) is 6.78. The first-order chi connectivity index (χ1) is 8.56. The summed E-state index contributed by atoms with van der Waals surface area (Å²) in [5, 5.41) is 3.22. The lowest BCUT2D eigenvalue weighted by atomic mass is 10.1. The molecule has 1 aromatic carbocycles. The van der Waals surface area contributed by atoms with Crippen LogP contribution < -0.4 is 10.2 Å². The molecule has 0 aliphatic carbocycles. The Hall–Kier alpha value is -1.09. The Bertz CT molecular complexity index is 366. The van der Waals surface area contributed by atoms with E-state index in [0.717, 1.165) is 37.3 Å². The van der Waals surface area contributed by atoms with Gasteiger partial charge in [-0.15, -0.1) is 0 Å². The van der Waals surface area contributed by atoms with Gasteiger partial charge in [0.15, 0.2) is 0 Å². The van der Waals surface area contributed by atoms with E-state index < -0.39 is 0 Å². The van der Waals surface area contributed by atoms with Crippen LogP contribution in [0.5, 0.6) is 0 Å². The fraction of sp³-hybridized carbons (Fsp3) is 0.600. The molecule has 0 fully saturated rings. The lowest BCUT2D eigenvalue weighted by molar-refractivity contribution is 0.558. The zero-order valence-corrected chi connectivity index (χ0v) is 12.0. The van der Waals surface area contributed by atoms with Crippen LogP contribution in [0.4, 0.5) is 10.1 Å². The highest BCUT2D eigenvalue weighted by atomic mass is 19.1. The van der Waals surface area contributed by atoms with Gasteiger partial charge in [-0.1, -0.05) is 27.2 Å². The zero-order valence-electron chi connectivity index (χ0n) is 12.0. The minimum absolute atomic E-state index is 0.156. The van der Waals surface area contributed by atoms with Gasteiger partial charge in [0.25, 0.3) is 0 Å². The number of hydrogen-bond donors (Lipinski definition) is 1. The lowest BCUT2D eigenvalue weighted by Crippen LogP contribution is -2.24. The molecule has 0 saturated carbocycles. The average molecular weight is 252 g/mol. The number of anilines is 1. The van der Waals surface area contributed by atoms with Crippen molar-refractivity contribution in [1.82, 2.24) is 5.32 Å². The molecule has 0 heterocycles. The van der Waals surface area contributed by atoms with Crippen molar-refractivity contribution in [3.63, 3.8) is 0 Å². The summed E-state index contributed by atoms with van der Waals surface area (Å²) in [6, 6.07) is 5.27. The van der Waals surface area contributed by atoms with Crippen LogP contribution >= 0.6 is 0 Å². The van der Waals surface area contributed by atoms with Crippen molar-refractivity contribution in [1.29, 1.82) is 0 Å². The van der Waals surface area contributed by atoms with E-state index >= 15 is 0 Å². The van der Waals surface area contributed by atoms with Gasteiger partial charge in [0, 0.05) is 25.8 Å². The SMILES string of the molecule is CCNCc1cc(F)cc(N(C)CC(C)CC)c1. The highest BCUT2D eigenvalue weighted by Crippen LogP contribution is 2.19. The molecule has 1 atom stereocenters. The molecular weight excluding hydrogens is 227 g/mol. The Morgan fingerprint density at radius 1 is 1.28 bits per heavy atom. The second-order valence-corrected chi connectivity index (χ2v) is 4.99. The second kappa shape index (κ2) is 7.37. The van der Waals surface area contributed by atoms with Gasteiger partial charge >= 0.3 is 0 Å². The van der Waals surface area contributed by atoms with Crippen molar-refractivity contribution >= 4 is 5.69 Å². The lowest BCUT2D eigenvalue weighted by Gasteiger charge is -2.23. The smallest absolute Gasteiger partial charge is 0.125 e. The van der Waals surface area contributed by atoms with Gasteiger partial charge < -0.3 is 10.2 Å². The molecule has 0 aromatic heterocycles. The predicted molar refractivity (Wildman–Crippen MR) is 76.5 cm³/mol. The standard InChI is InChI=1S/C15H25FN2/c1-5-12(3)11-18(4)15-8-13(10-17-6-2)7-14(16)9-15/h7-9,12,17H,5-6,10-11H2,1-4H3. The molecule has 18 heavy (non-hydrogen) atoms. The quantitative estimate of drug-likeness (QED) is 0.800. The summed E-state index contributed by atoms with van der Waals surface area (Å²) < 4.78 is 13.6. The van der Waals surface area contributed by atoms with Gasteiger partial charge in [-0.2, -0.15) is 0 Å². The number of rotatable bonds is 7. The largest absolute Gasteiger partial charge is 0.374 e. The first-order valence-electron chi connectivity index (χ1n) is 6.78. The van der Waals surface area contributed by atoms with E-state index in [2.05, 4.69) is 37.1 Å². The molecular formula is C15H25FN2. The van der Waals surface area contributed by atoms with Crippen LogP contribution in [0.1, 0.15) is 32.8 Å². The molecule has 3 heteroatoms. The highest BCUT2D eigenvalue weighted by molar-refractivity contribution is 5.48. The minimum Gasteiger partial charge on any atom is -0.374 e. The summed E-state index contributed by atoms with van der Waals surface area (Å²) in [5.41, 5.74) is 1.96. The molecule has 1 aromatic rings. The Morgan fingerprint density at radius 3 is 2.61 bits per heavy atom.